The SMILES string of the molecule is Cc1ccc(/C(O)=C2\C(=O)C(=O)N(CCN(C)C)[C@@H]2c2cccs2)cc1. The van der Waals surface area contributed by atoms with Gasteiger partial charge in [-0.05, 0) is 32.5 Å². The van der Waals surface area contributed by atoms with E-state index in [-0.39, 0.29) is 11.3 Å². The third-order valence-electron chi connectivity index (χ3n) is 4.47. The molecular formula is C20H22N2O3S. The van der Waals surface area contributed by atoms with Crippen molar-refractivity contribution in [2.75, 3.05) is 27.2 Å². The van der Waals surface area contributed by atoms with Gasteiger partial charge in [0, 0.05) is 23.5 Å². The molecule has 26 heavy (non-hydrogen) atoms. The van der Waals surface area contributed by atoms with Crippen LogP contribution in [-0.2, 0) is 9.59 Å². The molecule has 0 spiro atoms. The molecule has 5 nitrogen and oxygen atoms in total. The number of benzene rings is 1. The van der Waals surface area contributed by atoms with Crippen LogP contribution in [0, 0.1) is 6.92 Å². The van der Waals surface area contributed by atoms with E-state index in [1.807, 2.05) is 55.6 Å². The van der Waals surface area contributed by atoms with Gasteiger partial charge in [-0.25, -0.2) is 0 Å². The molecule has 2 heterocycles. The Bertz CT molecular complexity index is 838. The third-order valence-corrected chi connectivity index (χ3v) is 5.39. The summed E-state index contributed by atoms with van der Waals surface area (Å²) >= 11 is 1.48. The quantitative estimate of drug-likeness (QED) is 0.499. The van der Waals surface area contributed by atoms with E-state index in [0.717, 1.165) is 10.4 Å². The maximum absolute atomic E-state index is 12.7. The Morgan fingerprint density at radius 2 is 1.88 bits per heavy atom. The Balaban J connectivity index is 2.09. The van der Waals surface area contributed by atoms with Crippen molar-refractivity contribution in [1.82, 2.24) is 9.80 Å². The Labute approximate surface area is 157 Å². The fourth-order valence-electron chi connectivity index (χ4n) is 3.03. The van der Waals surface area contributed by atoms with E-state index in [0.29, 0.717) is 18.7 Å². The number of thiophene rings is 1. The van der Waals surface area contributed by atoms with E-state index in [1.165, 1.54) is 11.3 Å². The number of nitrogens with zero attached hydrogens (tertiary/aromatic N) is 2. The van der Waals surface area contributed by atoms with E-state index in [2.05, 4.69) is 0 Å². The molecule has 1 amide bonds. The lowest BCUT2D eigenvalue weighted by molar-refractivity contribution is -0.140. The molecule has 0 radical (unpaired) electrons. The Morgan fingerprint density at radius 3 is 2.46 bits per heavy atom. The number of likely N-dealkylation sites (tertiary alicyclic amines) is 1. The minimum Gasteiger partial charge on any atom is -0.507 e. The number of aryl methyl sites for hydroxylation is 1. The first-order valence-electron chi connectivity index (χ1n) is 8.43. The highest BCUT2D eigenvalue weighted by molar-refractivity contribution is 7.10. The normalized spacial score (nSPS) is 19.5. The van der Waals surface area contributed by atoms with Crippen LogP contribution in [0.3, 0.4) is 0 Å². The molecule has 0 saturated carbocycles. The maximum atomic E-state index is 12.7. The van der Waals surface area contributed by atoms with Crippen molar-refractivity contribution < 1.29 is 14.7 Å². The van der Waals surface area contributed by atoms with Gasteiger partial charge in [-0.2, -0.15) is 0 Å². The van der Waals surface area contributed by atoms with Crippen LogP contribution in [0.1, 0.15) is 22.0 Å². The van der Waals surface area contributed by atoms with Crippen molar-refractivity contribution in [3.63, 3.8) is 0 Å². The number of hydrogen-bond donors (Lipinski definition) is 1. The summed E-state index contributed by atoms with van der Waals surface area (Å²) in [7, 11) is 3.84. The number of carbonyl (C=O) groups is 2. The maximum Gasteiger partial charge on any atom is 0.295 e. The number of ketones is 1. The lowest BCUT2D eigenvalue weighted by atomic mass is 9.99. The van der Waals surface area contributed by atoms with Crippen LogP contribution in [0.2, 0.25) is 0 Å². The average Bonchev–Trinajstić information content (AvgIpc) is 3.21. The molecule has 136 valence electrons. The van der Waals surface area contributed by atoms with Crippen molar-refractivity contribution >= 4 is 28.8 Å². The number of carbonyl (C=O) groups excluding carboxylic acids is 2. The summed E-state index contributed by atoms with van der Waals surface area (Å²) in [5, 5.41) is 12.7. The van der Waals surface area contributed by atoms with Gasteiger partial charge in [-0.1, -0.05) is 35.9 Å². The lowest BCUT2D eigenvalue weighted by Crippen LogP contribution is -2.35. The zero-order valence-corrected chi connectivity index (χ0v) is 15.9. The summed E-state index contributed by atoms with van der Waals surface area (Å²) in [6.07, 6.45) is 0. The molecule has 3 rings (SSSR count). The number of likely N-dealkylation sites (N-methyl/N-ethyl adjacent to an activating group) is 1. The average molecular weight is 370 g/mol. The van der Waals surface area contributed by atoms with E-state index in [9.17, 15) is 14.7 Å². The fourth-order valence-corrected chi connectivity index (χ4v) is 3.87. The fraction of sp³-hybridized carbons (Fsp3) is 0.300. The van der Waals surface area contributed by atoms with Gasteiger partial charge in [0.15, 0.2) is 0 Å². The Morgan fingerprint density at radius 1 is 1.19 bits per heavy atom. The van der Waals surface area contributed by atoms with Crippen LogP contribution in [0.15, 0.2) is 47.4 Å². The van der Waals surface area contributed by atoms with Crippen LogP contribution < -0.4 is 0 Å². The van der Waals surface area contributed by atoms with Gasteiger partial charge in [0.25, 0.3) is 11.7 Å². The highest BCUT2D eigenvalue weighted by Gasteiger charge is 2.46. The molecule has 2 aromatic rings. The van der Waals surface area contributed by atoms with Crippen molar-refractivity contribution in [2.24, 2.45) is 0 Å². The zero-order valence-electron chi connectivity index (χ0n) is 15.1. The second-order valence-corrected chi connectivity index (χ2v) is 7.66. The lowest BCUT2D eigenvalue weighted by Gasteiger charge is -2.25. The van der Waals surface area contributed by atoms with Crippen molar-refractivity contribution in [3.8, 4) is 0 Å². The minimum atomic E-state index is -0.625. The number of amides is 1. The largest absolute Gasteiger partial charge is 0.507 e. The first-order valence-corrected chi connectivity index (χ1v) is 9.31. The second-order valence-electron chi connectivity index (χ2n) is 6.68. The summed E-state index contributed by atoms with van der Waals surface area (Å²) in [5.74, 6) is -1.30. The number of hydrogen-bond acceptors (Lipinski definition) is 5. The number of aliphatic hydroxyl groups is 1. The van der Waals surface area contributed by atoms with Crippen LogP contribution in [0.25, 0.3) is 5.76 Å². The van der Waals surface area contributed by atoms with Gasteiger partial charge in [0.05, 0.1) is 11.6 Å². The molecular weight excluding hydrogens is 348 g/mol. The van der Waals surface area contributed by atoms with E-state index < -0.39 is 17.7 Å². The van der Waals surface area contributed by atoms with Gasteiger partial charge >= 0.3 is 0 Å². The molecule has 0 unspecified atom stereocenters. The van der Waals surface area contributed by atoms with Crippen molar-refractivity contribution in [2.45, 2.75) is 13.0 Å². The molecule has 1 aromatic carbocycles. The highest BCUT2D eigenvalue weighted by atomic mass is 32.1. The predicted molar refractivity (Wildman–Crippen MR) is 103 cm³/mol. The molecule has 1 saturated heterocycles. The molecule has 1 aliphatic rings. The third kappa shape index (κ3) is 3.43. The molecule has 1 fully saturated rings. The van der Waals surface area contributed by atoms with Crippen LogP contribution >= 0.6 is 11.3 Å². The first-order chi connectivity index (χ1) is 12.4. The second kappa shape index (κ2) is 7.43. The number of Topliss-reactive ketones (excluding diaryl/α,β-unsaturated/α-hetero) is 1. The molecule has 0 aliphatic carbocycles. The van der Waals surface area contributed by atoms with Crippen LogP contribution in [0.5, 0.6) is 0 Å². The topological polar surface area (TPSA) is 60.9 Å². The Hall–Kier alpha value is -2.44. The van der Waals surface area contributed by atoms with Crippen molar-refractivity contribution in [3.05, 3.63) is 63.4 Å². The van der Waals surface area contributed by atoms with Gasteiger partial charge in [0.2, 0.25) is 0 Å². The molecule has 1 atom stereocenters. The summed E-state index contributed by atoms with van der Waals surface area (Å²) in [5.41, 5.74) is 1.77. The molecule has 0 bridgehead atoms. The van der Waals surface area contributed by atoms with Crippen LogP contribution in [0.4, 0.5) is 0 Å². The number of rotatable bonds is 5. The predicted octanol–water partition coefficient (Wildman–Crippen LogP) is 3.04. The van der Waals surface area contributed by atoms with E-state index in [4.69, 9.17) is 0 Å². The molecule has 1 aliphatic heterocycles. The first kappa shape index (κ1) is 18.4. The standard InChI is InChI=1S/C20H22N2O3S/c1-13-6-8-14(9-7-13)18(23)16-17(15-5-4-12-26-15)22(11-10-21(2)3)20(25)19(16)24/h4-9,12,17,23H,10-11H2,1-3H3/b18-16+/t17-/m1/s1. The van der Waals surface area contributed by atoms with Gasteiger partial charge in [-0.15, -0.1) is 11.3 Å². The highest BCUT2D eigenvalue weighted by Crippen LogP contribution is 2.40. The van der Waals surface area contributed by atoms with E-state index >= 15 is 0 Å². The summed E-state index contributed by atoms with van der Waals surface area (Å²) in [6, 6.07) is 10.5. The van der Waals surface area contributed by atoms with E-state index in [1.54, 1.807) is 17.0 Å². The van der Waals surface area contributed by atoms with Crippen LogP contribution in [-0.4, -0.2) is 53.8 Å². The Kier molecular flexibility index (Phi) is 5.25. The smallest absolute Gasteiger partial charge is 0.295 e. The molecule has 6 heteroatoms. The monoisotopic (exact) mass is 370 g/mol. The van der Waals surface area contributed by atoms with Gasteiger partial charge in [-0.3, -0.25) is 9.59 Å². The zero-order chi connectivity index (χ0) is 18.8. The molecule has 1 N–H and O–H groups in total. The summed E-state index contributed by atoms with van der Waals surface area (Å²) in [6.45, 7) is 3.01. The van der Waals surface area contributed by atoms with Gasteiger partial charge < -0.3 is 14.9 Å². The van der Waals surface area contributed by atoms with Gasteiger partial charge in [0.1, 0.15) is 5.76 Å². The summed E-state index contributed by atoms with van der Waals surface area (Å²) < 4.78 is 0. The molecule has 1 aromatic heterocycles. The van der Waals surface area contributed by atoms with Crippen molar-refractivity contribution in [1.29, 1.82) is 0 Å². The summed E-state index contributed by atoms with van der Waals surface area (Å²) in [4.78, 5) is 29.8. The minimum absolute atomic E-state index is 0.117. The number of aliphatic hydroxyl groups excluding tert-OH is 1.